The van der Waals surface area contributed by atoms with Crippen LogP contribution in [-0.4, -0.2) is 22.6 Å². The fraction of sp³-hybridized carbons (Fsp3) is 0.471. The van der Waals surface area contributed by atoms with Crippen molar-refractivity contribution >= 4 is 24.0 Å². The number of amides is 1. The van der Waals surface area contributed by atoms with E-state index in [-0.39, 0.29) is 24.9 Å². The first-order valence-corrected chi connectivity index (χ1v) is 8.29. The number of ether oxygens (including phenoxy) is 1. The number of hydrogen-bond donors (Lipinski definition) is 1. The first kappa shape index (κ1) is 17.7. The fourth-order valence-electron chi connectivity index (χ4n) is 3.09. The molecule has 2 heterocycles. The molecule has 1 amide bonds. The van der Waals surface area contributed by atoms with Gasteiger partial charge in [-0.2, -0.15) is 4.98 Å². The van der Waals surface area contributed by atoms with E-state index in [1.165, 1.54) is 0 Å². The van der Waals surface area contributed by atoms with Crippen molar-refractivity contribution in [3.8, 4) is 5.75 Å². The Balaban J connectivity index is 0.00000182. The predicted molar refractivity (Wildman–Crippen MR) is 93.6 cm³/mol. The van der Waals surface area contributed by atoms with Crippen LogP contribution in [0.1, 0.15) is 43.8 Å². The summed E-state index contributed by atoms with van der Waals surface area (Å²) >= 11 is 0. The lowest BCUT2D eigenvalue weighted by Crippen LogP contribution is -2.44. The van der Waals surface area contributed by atoms with Crippen molar-refractivity contribution in [2.75, 3.05) is 11.4 Å². The Morgan fingerprint density at radius 2 is 2.00 bits per heavy atom. The zero-order chi connectivity index (χ0) is 16.6. The second kappa shape index (κ2) is 7.01. The van der Waals surface area contributed by atoms with E-state index in [1.807, 2.05) is 24.3 Å². The van der Waals surface area contributed by atoms with E-state index in [0.717, 1.165) is 37.9 Å². The monoisotopic (exact) mass is 364 g/mol. The number of aromatic nitrogens is 2. The van der Waals surface area contributed by atoms with Gasteiger partial charge in [-0.3, -0.25) is 4.79 Å². The molecule has 0 radical (unpaired) electrons. The topological polar surface area (TPSA) is 94.5 Å². The third kappa shape index (κ3) is 3.48. The van der Waals surface area contributed by atoms with Gasteiger partial charge in [-0.05, 0) is 49.9 Å². The Labute approximate surface area is 151 Å². The predicted octanol–water partition coefficient (Wildman–Crippen LogP) is 2.54. The van der Waals surface area contributed by atoms with Crippen LogP contribution in [0.15, 0.2) is 28.8 Å². The molecule has 4 rings (SSSR count). The SMILES string of the molecule is Cl.NC1(c2noc(COc3ccc(N4CCCC4=O)cc3)n2)CCC1. The maximum Gasteiger partial charge on any atom is 0.264 e. The van der Waals surface area contributed by atoms with Crippen LogP contribution in [0.2, 0.25) is 0 Å². The first-order valence-electron chi connectivity index (χ1n) is 8.29. The lowest BCUT2D eigenvalue weighted by molar-refractivity contribution is -0.117. The van der Waals surface area contributed by atoms with Crippen LogP contribution >= 0.6 is 12.4 Å². The number of carbonyl (C=O) groups is 1. The van der Waals surface area contributed by atoms with Crippen LogP contribution in [0.3, 0.4) is 0 Å². The zero-order valence-electron chi connectivity index (χ0n) is 13.8. The number of benzene rings is 1. The van der Waals surface area contributed by atoms with Gasteiger partial charge in [0.15, 0.2) is 12.4 Å². The number of nitrogens with zero attached hydrogens (tertiary/aromatic N) is 3. The summed E-state index contributed by atoms with van der Waals surface area (Å²) in [5.74, 6) is 1.85. The number of carbonyl (C=O) groups excluding carboxylic acids is 1. The quantitative estimate of drug-likeness (QED) is 0.876. The standard InChI is InChI=1S/C17H20N4O3.ClH/c18-17(8-2-9-17)16-19-14(24-20-16)11-23-13-6-4-12(5-7-13)21-10-1-3-15(21)22;/h4-7H,1-3,8-11,18H2;1H. The Hall–Kier alpha value is -2.12. The van der Waals surface area contributed by atoms with Gasteiger partial charge in [-0.15, -0.1) is 12.4 Å². The van der Waals surface area contributed by atoms with Crippen molar-refractivity contribution in [3.05, 3.63) is 36.0 Å². The number of halogens is 1. The summed E-state index contributed by atoms with van der Waals surface area (Å²) in [6, 6.07) is 7.46. The van der Waals surface area contributed by atoms with Crippen molar-refractivity contribution in [3.63, 3.8) is 0 Å². The van der Waals surface area contributed by atoms with E-state index >= 15 is 0 Å². The van der Waals surface area contributed by atoms with Gasteiger partial charge < -0.3 is 19.9 Å². The smallest absolute Gasteiger partial charge is 0.264 e. The van der Waals surface area contributed by atoms with Gasteiger partial charge in [0.05, 0.1) is 5.54 Å². The molecular formula is C17H21ClN4O3. The van der Waals surface area contributed by atoms with Gasteiger partial charge in [0.1, 0.15) is 5.75 Å². The molecule has 1 saturated carbocycles. The molecule has 2 aromatic rings. The molecule has 25 heavy (non-hydrogen) atoms. The fourth-order valence-corrected chi connectivity index (χ4v) is 3.09. The largest absolute Gasteiger partial charge is 0.484 e. The zero-order valence-corrected chi connectivity index (χ0v) is 14.6. The Kier molecular flexibility index (Phi) is 4.96. The molecule has 1 aliphatic carbocycles. The minimum atomic E-state index is -0.425. The Bertz CT molecular complexity index is 743. The molecule has 1 aromatic heterocycles. The van der Waals surface area contributed by atoms with Crippen molar-refractivity contribution in [1.29, 1.82) is 0 Å². The molecule has 2 aliphatic rings. The average molecular weight is 365 g/mol. The van der Waals surface area contributed by atoms with E-state index in [4.69, 9.17) is 15.0 Å². The molecule has 0 atom stereocenters. The lowest BCUT2D eigenvalue weighted by Gasteiger charge is -2.34. The molecule has 0 spiro atoms. The highest BCUT2D eigenvalue weighted by molar-refractivity contribution is 5.95. The molecule has 1 saturated heterocycles. The highest BCUT2D eigenvalue weighted by Crippen LogP contribution is 2.36. The number of nitrogens with two attached hydrogens (primary N) is 1. The minimum absolute atomic E-state index is 0. The number of rotatable bonds is 5. The Morgan fingerprint density at radius 3 is 2.60 bits per heavy atom. The highest BCUT2D eigenvalue weighted by atomic mass is 35.5. The van der Waals surface area contributed by atoms with E-state index in [1.54, 1.807) is 4.90 Å². The van der Waals surface area contributed by atoms with Crippen LogP contribution in [0, 0.1) is 0 Å². The van der Waals surface area contributed by atoms with E-state index in [2.05, 4.69) is 10.1 Å². The molecule has 2 N–H and O–H groups in total. The molecule has 0 bridgehead atoms. The van der Waals surface area contributed by atoms with Crippen molar-refractivity contribution in [2.45, 2.75) is 44.2 Å². The van der Waals surface area contributed by atoms with E-state index < -0.39 is 5.54 Å². The highest BCUT2D eigenvalue weighted by Gasteiger charge is 2.39. The van der Waals surface area contributed by atoms with Crippen molar-refractivity contribution < 1.29 is 14.1 Å². The van der Waals surface area contributed by atoms with Gasteiger partial charge in [-0.1, -0.05) is 5.16 Å². The summed E-state index contributed by atoms with van der Waals surface area (Å²) in [7, 11) is 0. The molecule has 2 fully saturated rings. The molecule has 1 aromatic carbocycles. The van der Waals surface area contributed by atoms with Gasteiger partial charge in [0, 0.05) is 18.7 Å². The summed E-state index contributed by atoms with van der Waals surface area (Å²) in [6.45, 7) is 0.982. The van der Waals surface area contributed by atoms with Crippen LogP contribution in [0.25, 0.3) is 0 Å². The third-order valence-corrected chi connectivity index (χ3v) is 4.74. The van der Waals surface area contributed by atoms with Gasteiger partial charge in [-0.25, -0.2) is 0 Å². The van der Waals surface area contributed by atoms with Gasteiger partial charge in [0.25, 0.3) is 5.89 Å². The summed E-state index contributed by atoms with van der Waals surface area (Å²) in [4.78, 5) is 17.9. The Morgan fingerprint density at radius 1 is 1.24 bits per heavy atom. The molecular weight excluding hydrogens is 344 g/mol. The second-order valence-corrected chi connectivity index (χ2v) is 6.45. The van der Waals surface area contributed by atoms with Crippen LogP contribution in [0.4, 0.5) is 5.69 Å². The second-order valence-electron chi connectivity index (χ2n) is 6.45. The molecule has 134 valence electrons. The van der Waals surface area contributed by atoms with Gasteiger partial charge >= 0.3 is 0 Å². The normalized spacial score (nSPS) is 18.6. The van der Waals surface area contributed by atoms with E-state index in [0.29, 0.717) is 23.9 Å². The van der Waals surface area contributed by atoms with E-state index in [9.17, 15) is 4.79 Å². The maximum absolute atomic E-state index is 11.7. The van der Waals surface area contributed by atoms with Crippen LogP contribution in [0.5, 0.6) is 5.75 Å². The molecule has 1 aliphatic heterocycles. The molecule has 7 nitrogen and oxygen atoms in total. The number of hydrogen-bond acceptors (Lipinski definition) is 6. The molecule has 0 unspecified atom stereocenters. The van der Waals surface area contributed by atoms with Crippen LogP contribution < -0.4 is 15.4 Å². The maximum atomic E-state index is 11.7. The summed E-state index contributed by atoms with van der Waals surface area (Å²) in [6.07, 6.45) is 4.43. The van der Waals surface area contributed by atoms with Crippen molar-refractivity contribution in [2.24, 2.45) is 5.73 Å². The van der Waals surface area contributed by atoms with Crippen LogP contribution in [-0.2, 0) is 16.9 Å². The van der Waals surface area contributed by atoms with Crippen molar-refractivity contribution in [1.82, 2.24) is 10.1 Å². The summed E-state index contributed by atoms with van der Waals surface area (Å²) in [5, 5.41) is 3.96. The summed E-state index contributed by atoms with van der Waals surface area (Å²) < 4.78 is 10.9. The summed E-state index contributed by atoms with van der Waals surface area (Å²) in [5.41, 5.74) is 6.65. The number of anilines is 1. The lowest BCUT2D eigenvalue weighted by atomic mass is 9.77. The third-order valence-electron chi connectivity index (χ3n) is 4.74. The molecule has 8 heteroatoms. The first-order chi connectivity index (χ1) is 11.6. The van der Waals surface area contributed by atoms with Gasteiger partial charge in [0.2, 0.25) is 5.91 Å². The average Bonchev–Trinajstić information content (AvgIpc) is 3.20. The minimum Gasteiger partial charge on any atom is -0.484 e.